The normalized spacial score (nSPS) is 10.9. The summed E-state index contributed by atoms with van der Waals surface area (Å²) in [6.07, 6.45) is 3.46. The zero-order valence-electron chi connectivity index (χ0n) is 9.64. The average molecular weight is 202 g/mol. The van der Waals surface area contributed by atoms with Gasteiger partial charge in [-0.2, -0.15) is 5.10 Å². The minimum Gasteiger partial charge on any atom is -0.242 e. The van der Waals surface area contributed by atoms with Crippen molar-refractivity contribution in [3.63, 3.8) is 0 Å². The standard InChI is InChI=1S/C13H18N2/c1-5-14-15(6-2)13-9-7-8-12(10-13)11(3)4/h5-11H,2H2,1,3-4H3/b14-5-. The van der Waals surface area contributed by atoms with E-state index in [2.05, 4.69) is 37.7 Å². The van der Waals surface area contributed by atoms with E-state index >= 15 is 0 Å². The molecule has 0 saturated heterocycles. The van der Waals surface area contributed by atoms with Crippen molar-refractivity contribution in [3.8, 4) is 0 Å². The van der Waals surface area contributed by atoms with Gasteiger partial charge in [0.2, 0.25) is 0 Å². The van der Waals surface area contributed by atoms with E-state index in [1.165, 1.54) is 5.56 Å². The maximum Gasteiger partial charge on any atom is 0.0647 e. The van der Waals surface area contributed by atoms with Gasteiger partial charge in [-0.05, 0) is 30.5 Å². The third kappa shape index (κ3) is 2.94. The fraction of sp³-hybridized carbons (Fsp3) is 0.308. The van der Waals surface area contributed by atoms with Gasteiger partial charge in [-0.3, -0.25) is 0 Å². The molecule has 0 spiro atoms. The van der Waals surface area contributed by atoms with Crippen LogP contribution in [-0.2, 0) is 0 Å². The first kappa shape index (κ1) is 11.5. The van der Waals surface area contributed by atoms with Crippen LogP contribution in [0.15, 0.2) is 42.1 Å². The first-order valence-electron chi connectivity index (χ1n) is 5.19. The summed E-state index contributed by atoms with van der Waals surface area (Å²) in [5, 5.41) is 5.97. The minimum atomic E-state index is 0.530. The van der Waals surface area contributed by atoms with Gasteiger partial charge in [0.1, 0.15) is 0 Å². The van der Waals surface area contributed by atoms with Crippen LogP contribution in [0.5, 0.6) is 0 Å². The molecule has 0 fully saturated rings. The maximum absolute atomic E-state index is 4.20. The van der Waals surface area contributed by atoms with E-state index < -0.39 is 0 Å². The van der Waals surface area contributed by atoms with Crippen molar-refractivity contribution in [1.82, 2.24) is 0 Å². The summed E-state index contributed by atoms with van der Waals surface area (Å²) in [5.41, 5.74) is 2.36. The van der Waals surface area contributed by atoms with Crippen molar-refractivity contribution >= 4 is 11.9 Å². The molecule has 1 aromatic carbocycles. The summed E-state index contributed by atoms with van der Waals surface area (Å²) >= 11 is 0. The monoisotopic (exact) mass is 202 g/mol. The Morgan fingerprint density at radius 2 is 2.13 bits per heavy atom. The number of hydrogen-bond donors (Lipinski definition) is 0. The third-order valence-electron chi connectivity index (χ3n) is 2.21. The summed E-state index contributed by atoms with van der Waals surface area (Å²) in [7, 11) is 0. The largest absolute Gasteiger partial charge is 0.242 e. The SMILES string of the molecule is C=CN(/N=C\C)c1cccc(C(C)C)c1. The van der Waals surface area contributed by atoms with Crippen LogP contribution >= 0.6 is 0 Å². The predicted molar refractivity (Wildman–Crippen MR) is 67.4 cm³/mol. The van der Waals surface area contributed by atoms with Gasteiger partial charge in [-0.25, -0.2) is 5.01 Å². The van der Waals surface area contributed by atoms with E-state index in [1.807, 2.05) is 19.1 Å². The smallest absolute Gasteiger partial charge is 0.0647 e. The molecule has 2 heteroatoms. The highest BCUT2D eigenvalue weighted by Crippen LogP contribution is 2.21. The number of rotatable bonds is 4. The molecule has 0 aliphatic carbocycles. The van der Waals surface area contributed by atoms with Crippen LogP contribution < -0.4 is 5.01 Å². The summed E-state index contributed by atoms with van der Waals surface area (Å²) < 4.78 is 0. The summed E-state index contributed by atoms with van der Waals surface area (Å²) in [4.78, 5) is 0. The van der Waals surface area contributed by atoms with Crippen LogP contribution in [0.2, 0.25) is 0 Å². The molecule has 0 aromatic heterocycles. The van der Waals surface area contributed by atoms with Crippen molar-refractivity contribution in [1.29, 1.82) is 0 Å². The molecule has 1 aromatic rings. The van der Waals surface area contributed by atoms with Gasteiger partial charge in [0.05, 0.1) is 5.69 Å². The van der Waals surface area contributed by atoms with Crippen LogP contribution in [-0.4, -0.2) is 6.21 Å². The highest BCUT2D eigenvalue weighted by atomic mass is 15.4. The zero-order chi connectivity index (χ0) is 11.3. The Morgan fingerprint density at radius 3 is 2.67 bits per heavy atom. The molecule has 15 heavy (non-hydrogen) atoms. The van der Waals surface area contributed by atoms with E-state index in [1.54, 1.807) is 17.4 Å². The van der Waals surface area contributed by atoms with Gasteiger partial charge in [-0.1, -0.05) is 32.6 Å². The summed E-state index contributed by atoms with van der Waals surface area (Å²) in [5.74, 6) is 0.530. The second kappa shape index (κ2) is 5.35. The molecule has 0 radical (unpaired) electrons. The van der Waals surface area contributed by atoms with Gasteiger partial charge in [0, 0.05) is 12.4 Å². The fourth-order valence-electron chi connectivity index (χ4n) is 1.37. The predicted octanol–water partition coefficient (Wildman–Crippen LogP) is 3.77. The lowest BCUT2D eigenvalue weighted by Crippen LogP contribution is -2.06. The van der Waals surface area contributed by atoms with Gasteiger partial charge in [-0.15, -0.1) is 0 Å². The van der Waals surface area contributed by atoms with Gasteiger partial charge < -0.3 is 0 Å². The second-order valence-corrected chi connectivity index (χ2v) is 3.65. The van der Waals surface area contributed by atoms with Crippen molar-refractivity contribution in [3.05, 3.63) is 42.6 Å². The molecule has 2 nitrogen and oxygen atoms in total. The van der Waals surface area contributed by atoms with Gasteiger partial charge in [0.25, 0.3) is 0 Å². The fourth-order valence-corrected chi connectivity index (χ4v) is 1.37. The molecule has 0 bridgehead atoms. The third-order valence-corrected chi connectivity index (χ3v) is 2.21. The number of nitrogens with zero attached hydrogens (tertiary/aromatic N) is 2. The zero-order valence-corrected chi connectivity index (χ0v) is 9.64. The van der Waals surface area contributed by atoms with Crippen LogP contribution in [0, 0.1) is 0 Å². The van der Waals surface area contributed by atoms with Crippen molar-refractivity contribution in [2.24, 2.45) is 5.10 Å². The Hall–Kier alpha value is -1.57. The van der Waals surface area contributed by atoms with E-state index in [-0.39, 0.29) is 0 Å². The van der Waals surface area contributed by atoms with E-state index in [4.69, 9.17) is 0 Å². The average Bonchev–Trinajstić information content (AvgIpc) is 2.26. The highest BCUT2D eigenvalue weighted by molar-refractivity contribution is 5.59. The molecule has 0 heterocycles. The van der Waals surface area contributed by atoms with Crippen molar-refractivity contribution in [2.45, 2.75) is 26.7 Å². The number of benzene rings is 1. The lowest BCUT2D eigenvalue weighted by atomic mass is 10.0. The maximum atomic E-state index is 4.20. The van der Waals surface area contributed by atoms with E-state index in [0.29, 0.717) is 5.92 Å². The lowest BCUT2D eigenvalue weighted by molar-refractivity contribution is 0.865. The molecule has 80 valence electrons. The van der Waals surface area contributed by atoms with Crippen LogP contribution in [0.4, 0.5) is 5.69 Å². The Bertz CT molecular complexity index is 353. The first-order chi connectivity index (χ1) is 7.19. The van der Waals surface area contributed by atoms with E-state index in [0.717, 1.165) is 5.69 Å². The Labute approximate surface area is 91.9 Å². The number of hydrogen-bond acceptors (Lipinski definition) is 2. The lowest BCUT2D eigenvalue weighted by Gasteiger charge is -2.15. The highest BCUT2D eigenvalue weighted by Gasteiger charge is 2.03. The Morgan fingerprint density at radius 1 is 1.40 bits per heavy atom. The summed E-state index contributed by atoms with van der Waals surface area (Å²) in [6.45, 7) is 10.00. The van der Waals surface area contributed by atoms with Crippen LogP contribution in [0.1, 0.15) is 32.3 Å². The molecule has 1 rings (SSSR count). The molecule has 0 saturated carbocycles. The quantitative estimate of drug-likeness (QED) is 0.536. The molecular formula is C13H18N2. The van der Waals surface area contributed by atoms with Gasteiger partial charge >= 0.3 is 0 Å². The molecule has 0 unspecified atom stereocenters. The minimum absolute atomic E-state index is 0.530. The van der Waals surface area contributed by atoms with E-state index in [9.17, 15) is 0 Å². The van der Waals surface area contributed by atoms with Crippen molar-refractivity contribution < 1.29 is 0 Å². The van der Waals surface area contributed by atoms with Crippen molar-refractivity contribution in [2.75, 3.05) is 5.01 Å². The molecule has 0 aliphatic heterocycles. The summed E-state index contributed by atoms with van der Waals surface area (Å²) in [6, 6.07) is 8.34. The van der Waals surface area contributed by atoms with Crippen LogP contribution in [0.3, 0.4) is 0 Å². The topological polar surface area (TPSA) is 15.6 Å². The van der Waals surface area contributed by atoms with Gasteiger partial charge in [0.15, 0.2) is 0 Å². The Balaban J connectivity index is 3.02. The molecular weight excluding hydrogens is 184 g/mol. The Kier molecular flexibility index (Phi) is 4.10. The second-order valence-electron chi connectivity index (χ2n) is 3.65. The molecule has 0 N–H and O–H groups in total. The van der Waals surface area contributed by atoms with Crippen LogP contribution in [0.25, 0.3) is 0 Å². The molecule has 0 aliphatic rings. The molecule has 0 amide bonds. The number of hydrazone groups is 1. The number of anilines is 1. The molecule has 0 atom stereocenters. The first-order valence-corrected chi connectivity index (χ1v) is 5.19.